The van der Waals surface area contributed by atoms with Gasteiger partial charge in [-0.15, -0.1) is 0 Å². The van der Waals surface area contributed by atoms with E-state index in [1.54, 1.807) is 24.3 Å². The number of carbonyl (C=O) groups excluding carboxylic acids is 2. The van der Waals surface area contributed by atoms with Gasteiger partial charge in [0.25, 0.3) is 0 Å². The lowest BCUT2D eigenvalue weighted by molar-refractivity contribution is -0.119. The molecule has 6 heteroatoms. The number of hydrogen-bond donors (Lipinski definition) is 3. The third-order valence-corrected chi connectivity index (χ3v) is 3.62. The van der Waals surface area contributed by atoms with Crippen molar-refractivity contribution in [2.24, 2.45) is 0 Å². The van der Waals surface area contributed by atoms with Gasteiger partial charge in [0.2, 0.25) is 5.91 Å². The van der Waals surface area contributed by atoms with Gasteiger partial charge in [-0.1, -0.05) is 43.3 Å². The summed E-state index contributed by atoms with van der Waals surface area (Å²) in [6.07, 6.45) is 0. The van der Waals surface area contributed by atoms with Crippen LogP contribution in [-0.4, -0.2) is 32.2 Å². The second kappa shape index (κ2) is 9.44. The van der Waals surface area contributed by atoms with Crippen molar-refractivity contribution in [2.45, 2.75) is 12.8 Å². The Balaban J connectivity index is 1.85. The predicted molar refractivity (Wildman–Crippen MR) is 98.8 cm³/mol. The number of urea groups is 1. The highest BCUT2D eigenvalue weighted by Crippen LogP contribution is 2.16. The highest BCUT2D eigenvalue weighted by Gasteiger charge is 2.08. The Hall–Kier alpha value is -2.86. The second-order valence-electron chi connectivity index (χ2n) is 5.71. The zero-order valence-electron chi connectivity index (χ0n) is 14.4. The summed E-state index contributed by atoms with van der Waals surface area (Å²) in [6, 6.07) is 16.7. The Morgan fingerprint density at radius 2 is 1.68 bits per heavy atom. The molecule has 132 valence electrons. The molecule has 0 fully saturated rings. The van der Waals surface area contributed by atoms with Gasteiger partial charge in [-0.2, -0.15) is 0 Å². The number of nitrogens with one attached hydrogen (secondary N) is 3. The Morgan fingerprint density at radius 1 is 1.00 bits per heavy atom. The SMILES string of the molecule is COCC(=O)Nc1cccc(NC(=O)NC[C@@H](C)c2ccccc2)c1. The molecular weight excluding hydrogens is 318 g/mol. The maximum absolute atomic E-state index is 12.1. The van der Waals surface area contributed by atoms with Crippen molar-refractivity contribution >= 4 is 23.3 Å². The van der Waals surface area contributed by atoms with Gasteiger partial charge in [0.15, 0.2) is 0 Å². The number of amides is 3. The summed E-state index contributed by atoms with van der Waals surface area (Å²) in [5.41, 5.74) is 2.36. The lowest BCUT2D eigenvalue weighted by Crippen LogP contribution is -2.31. The number of methoxy groups -OCH3 is 1. The quantitative estimate of drug-likeness (QED) is 0.723. The van der Waals surface area contributed by atoms with Crippen molar-refractivity contribution in [3.05, 3.63) is 60.2 Å². The van der Waals surface area contributed by atoms with E-state index >= 15 is 0 Å². The van der Waals surface area contributed by atoms with Crippen molar-refractivity contribution < 1.29 is 14.3 Å². The largest absolute Gasteiger partial charge is 0.375 e. The molecule has 0 aromatic heterocycles. The summed E-state index contributed by atoms with van der Waals surface area (Å²) in [4.78, 5) is 23.6. The zero-order chi connectivity index (χ0) is 18.1. The third kappa shape index (κ3) is 6.27. The number of benzene rings is 2. The molecular formula is C19H23N3O3. The highest BCUT2D eigenvalue weighted by molar-refractivity contribution is 5.94. The van der Waals surface area contributed by atoms with E-state index in [1.807, 2.05) is 30.3 Å². The fraction of sp³-hybridized carbons (Fsp3) is 0.263. The summed E-state index contributed by atoms with van der Waals surface area (Å²) in [7, 11) is 1.46. The molecule has 0 saturated heterocycles. The Morgan fingerprint density at radius 3 is 2.36 bits per heavy atom. The summed E-state index contributed by atoms with van der Waals surface area (Å²) in [5.74, 6) is -0.0348. The van der Waals surface area contributed by atoms with E-state index in [0.717, 1.165) is 0 Å². The van der Waals surface area contributed by atoms with Gasteiger partial charge in [0.05, 0.1) is 0 Å². The van der Waals surface area contributed by atoms with Crippen LogP contribution in [0.4, 0.5) is 16.2 Å². The van der Waals surface area contributed by atoms with E-state index in [2.05, 4.69) is 22.9 Å². The molecule has 3 N–H and O–H groups in total. The van der Waals surface area contributed by atoms with Crippen LogP contribution in [0.5, 0.6) is 0 Å². The summed E-state index contributed by atoms with van der Waals surface area (Å²) in [5, 5.41) is 8.31. The average Bonchev–Trinajstić information content (AvgIpc) is 2.61. The molecule has 0 aliphatic rings. The van der Waals surface area contributed by atoms with Crippen LogP contribution in [0.1, 0.15) is 18.4 Å². The van der Waals surface area contributed by atoms with Crippen LogP contribution in [0.3, 0.4) is 0 Å². The maximum atomic E-state index is 12.1. The minimum absolute atomic E-state index is 0.0183. The van der Waals surface area contributed by atoms with E-state index in [1.165, 1.54) is 12.7 Å². The normalized spacial score (nSPS) is 11.4. The minimum Gasteiger partial charge on any atom is -0.375 e. The van der Waals surface area contributed by atoms with E-state index in [0.29, 0.717) is 17.9 Å². The molecule has 0 aliphatic carbocycles. The smallest absolute Gasteiger partial charge is 0.319 e. The number of rotatable bonds is 7. The first-order chi connectivity index (χ1) is 12.1. The van der Waals surface area contributed by atoms with Crippen molar-refractivity contribution in [1.29, 1.82) is 0 Å². The molecule has 0 heterocycles. The van der Waals surface area contributed by atoms with Crippen LogP contribution < -0.4 is 16.0 Å². The highest BCUT2D eigenvalue weighted by atomic mass is 16.5. The second-order valence-corrected chi connectivity index (χ2v) is 5.71. The molecule has 0 unspecified atom stereocenters. The van der Waals surface area contributed by atoms with Gasteiger partial charge in [-0.25, -0.2) is 4.79 Å². The summed E-state index contributed by atoms with van der Waals surface area (Å²) < 4.78 is 4.77. The first kappa shape index (κ1) is 18.5. The van der Waals surface area contributed by atoms with Crippen LogP contribution in [0.25, 0.3) is 0 Å². The molecule has 6 nitrogen and oxygen atoms in total. The van der Waals surface area contributed by atoms with Crippen molar-refractivity contribution in [3.8, 4) is 0 Å². The van der Waals surface area contributed by atoms with Crippen LogP contribution in [-0.2, 0) is 9.53 Å². The lowest BCUT2D eigenvalue weighted by Gasteiger charge is -2.14. The molecule has 0 radical (unpaired) electrons. The Kier molecular flexibility index (Phi) is 6.98. The van der Waals surface area contributed by atoms with Gasteiger partial charge < -0.3 is 20.7 Å². The van der Waals surface area contributed by atoms with E-state index in [-0.39, 0.29) is 24.5 Å². The fourth-order valence-electron chi connectivity index (χ4n) is 2.32. The average molecular weight is 341 g/mol. The van der Waals surface area contributed by atoms with Crippen molar-refractivity contribution in [3.63, 3.8) is 0 Å². The van der Waals surface area contributed by atoms with Gasteiger partial charge >= 0.3 is 6.03 Å². The molecule has 3 amide bonds. The van der Waals surface area contributed by atoms with Gasteiger partial charge in [0, 0.05) is 25.0 Å². The van der Waals surface area contributed by atoms with Crippen LogP contribution in [0, 0.1) is 0 Å². The van der Waals surface area contributed by atoms with Gasteiger partial charge in [-0.05, 0) is 29.7 Å². The van der Waals surface area contributed by atoms with Gasteiger partial charge in [-0.3, -0.25) is 4.79 Å². The Labute approximate surface area is 147 Å². The number of hydrogen-bond acceptors (Lipinski definition) is 3. The van der Waals surface area contributed by atoms with Crippen LogP contribution in [0.15, 0.2) is 54.6 Å². The number of anilines is 2. The first-order valence-corrected chi connectivity index (χ1v) is 8.07. The molecule has 1 atom stereocenters. The molecule has 2 rings (SSSR count). The molecule has 2 aromatic rings. The standard InChI is InChI=1S/C19H23N3O3/c1-14(15-7-4-3-5-8-15)12-20-19(24)22-17-10-6-9-16(11-17)21-18(23)13-25-2/h3-11,14H,12-13H2,1-2H3,(H,21,23)(H2,20,22,24)/t14-/m1/s1. The molecule has 0 saturated carbocycles. The van der Waals surface area contributed by atoms with E-state index in [4.69, 9.17) is 4.74 Å². The molecule has 0 bridgehead atoms. The van der Waals surface area contributed by atoms with Crippen molar-refractivity contribution in [2.75, 3.05) is 30.9 Å². The van der Waals surface area contributed by atoms with Crippen LogP contribution >= 0.6 is 0 Å². The first-order valence-electron chi connectivity index (χ1n) is 8.07. The third-order valence-electron chi connectivity index (χ3n) is 3.62. The minimum atomic E-state index is -0.289. The topological polar surface area (TPSA) is 79.5 Å². The zero-order valence-corrected chi connectivity index (χ0v) is 14.4. The summed E-state index contributed by atoms with van der Waals surface area (Å²) in [6.45, 7) is 2.57. The van der Waals surface area contributed by atoms with E-state index in [9.17, 15) is 9.59 Å². The number of carbonyl (C=O) groups is 2. The molecule has 2 aromatic carbocycles. The monoisotopic (exact) mass is 341 g/mol. The van der Waals surface area contributed by atoms with Crippen LogP contribution in [0.2, 0.25) is 0 Å². The maximum Gasteiger partial charge on any atom is 0.319 e. The predicted octanol–water partition coefficient (Wildman–Crippen LogP) is 3.20. The van der Waals surface area contributed by atoms with E-state index < -0.39 is 0 Å². The molecule has 0 spiro atoms. The van der Waals surface area contributed by atoms with Crippen molar-refractivity contribution in [1.82, 2.24) is 5.32 Å². The fourth-order valence-corrected chi connectivity index (χ4v) is 2.32. The lowest BCUT2D eigenvalue weighted by atomic mass is 10.0. The summed E-state index contributed by atoms with van der Waals surface area (Å²) >= 11 is 0. The molecule has 0 aliphatic heterocycles. The Bertz CT molecular complexity index is 704. The van der Waals surface area contributed by atoms with Gasteiger partial charge in [0.1, 0.15) is 6.61 Å². The molecule has 25 heavy (non-hydrogen) atoms. The number of ether oxygens (including phenoxy) is 1.